The van der Waals surface area contributed by atoms with Crippen LogP contribution in [0.4, 0.5) is 11.6 Å². The zero-order valence-corrected chi connectivity index (χ0v) is 11.0. The van der Waals surface area contributed by atoms with Gasteiger partial charge in [-0.15, -0.1) is 0 Å². The number of nitrogens with one attached hydrogen (secondary N) is 2. The molecule has 5 heteroatoms. The third-order valence-corrected chi connectivity index (χ3v) is 2.47. The molecule has 0 saturated heterocycles. The van der Waals surface area contributed by atoms with Gasteiger partial charge in [0.05, 0.1) is 6.10 Å². The molecule has 0 amide bonds. The average molecular weight is 238 g/mol. The first-order valence-electron chi connectivity index (χ1n) is 6.05. The highest BCUT2D eigenvalue weighted by atomic mass is 16.3. The normalized spacial score (nSPS) is 12.3. The summed E-state index contributed by atoms with van der Waals surface area (Å²) in [5.74, 6) is 2.47. The van der Waals surface area contributed by atoms with E-state index in [0.717, 1.165) is 35.9 Å². The van der Waals surface area contributed by atoms with Crippen LogP contribution in [0.15, 0.2) is 0 Å². The van der Waals surface area contributed by atoms with Gasteiger partial charge in [0.15, 0.2) is 0 Å². The minimum absolute atomic E-state index is 0.392. The standard InChI is InChI=1S/C12H22N4O/c1-5-6-10-15-11(13-4)9(3)12(16-10)14-7-8(2)17/h8,17H,5-7H2,1-4H3,(H2,13,14,15,16). The summed E-state index contributed by atoms with van der Waals surface area (Å²) in [7, 11) is 1.85. The second kappa shape index (κ2) is 6.39. The summed E-state index contributed by atoms with van der Waals surface area (Å²) in [6.45, 7) is 6.30. The number of hydrogen-bond donors (Lipinski definition) is 3. The van der Waals surface area contributed by atoms with Crippen LogP contribution in [0, 0.1) is 6.92 Å². The number of aromatic nitrogens is 2. The van der Waals surface area contributed by atoms with Crippen molar-refractivity contribution in [1.29, 1.82) is 0 Å². The molecule has 0 spiro atoms. The van der Waals surface area contributed by atoms with Gasteiger partial charge < -0.3 is 15.7 Å². The fraction of sp³-hybridized carbons (Fsp3) is 0.667. The average Bonchev–Trinajstić information content (AvgIpc) is 2.29. The zero-order chi connectivity index (χ0) is 12.8. The Kier molecular flexibility index (Phi) is 5.15. The van der Waals surface area contributed by atoms with E-state index < -0.39 is 6.10 Å². The van der Waals surface area contributed by atoms with Crippen LogP contribution < -0.4 is 10.6 Å². The highest BCUT2D eigenvalue weighted by molar-refractivity contribution is 5.57. The molecule has 1 aromatic rings. The fourth-order valence-corrected chi connectivity index (χ4v) is 1.56. The van der Waals surface area contributed by atoms with Gasteiger partial charge in [0.25, 0.3) is 0 Å². The van der Waals surface area contributed by atoms with Crippen molar-refractivity contribution in [1.82, 2.24) is 9.97 Å². The zero-order valence-electron chi connectivity index (χ0n) is 11.0. The van der Waals surface area contributed by atoms with Crippen molar-refractivity contribution in [3.8, 4) is 0 Å². The van der Waals surface area contributed by atoms with Crippen LogP contribution >= 0.6 is 0 Å². The Morgan fingerprint density at radius 3 is 2.47 bits per heavy atom. The molecule has 0 bridgehead atoms. The monoisotopic (exact) mass is 238 g/mol. The van der Waals surface area contributed by atoms with Crippen molar-refractivity contribution in [3.63, 3.8) is 0 Å². The molecule has 0 aliphatic heterocycles. The summed E-state index contributed by atoms with van der Waals surface area (Å²) < 4.78 is 0. The second-order valence-corrected chi connectivity index (χ2v) is 4.19. The molecule has 0 aliphatic rings. The Balaban J connectivity index is 2.96. The molecule has 1 aromatic heterocycles. The van der Waals surface area contributed by atoms with E-state index in [-0.39, 0.29) is 0 Å². The maximum atomic E-state index is 9.28. The Morgan fingerprint density at radius 2 is 1.94 bits per heavy atom. The van der Waals surface area contributed by atoms with E-state index in [2.05, 4.69) is 27.5 Å². The first-order valence-corrected chi connectivity index (χ1v) is 6.05. The lowest BCUT2D eigenvalue weighted by atomic mass is 10.2. The molecule has 1 unspecified atom stereocenters. The van der Waals surface area contributed by atoms with Crippen LogP contribution in [-0.2, 0) is 6.42 Å². The molecule has 0 aromatic carbocycles. The van der Waals surface area contributed by atoms with Gasteiger partial charge in [-0.3, -0.25) is 0 Å². The summed E-state index contributed by atoms with van der Waals surface area (Å²) in [5.41, 5.74) is 0.980. The van der Waals surface area contributed by atoms with Gasteiger partial charge >= 0.3 is 0 Å². The number of aryl methyl sites for hydroxylation is 1. The van der Waals surface area contributed by atoms with Gasteiger partial charge in [0.1, 0.15) is 17.5 Å². The molecule has 3 N–H and O–H groups in total. The van der Waals surface area contributed by atoms with Crippen molar-refractivity contribution in [2.75, 3.05) is 24.2 Å². The van der Waals surface area contributed by atoms with E-state index in [0.29, 0.717) is 6.54 Å². The van der Waals surface area contributed by atoms with E-state index in [9.17, 15) is 5.11 Å². The summed E-state index contributed by atoms with van der Waals surface area (Å²) in [4.78, 5) is 8.91. The van der Waals surface area contributed by atoms with Crippen LogP contribution in [-0.4, -0.2) is 34.8 Å². The van der Waals surface area contributed by atoms with Gasteiger partial charge in [-0.25, -0.2) is 9.97 Å². The number of aliphatic hydroxyl groups is 1. The number of hydrogen-bond acceptors (Lipinski definition) is 5. The van der Waals surface area contributed by atoms with Gasteiger partial charge in [-0.2, -0.15) is 0 Å². The Labute approximate surface area is 103 Å². The Hall–Kier alpha value is -1.36. The summed E-state index contributed by atoms with van der Waals surface area (Å²) >= 11 is 0. The molecule has 96 valence electrons. The first kappa shape index (κ1) is 13.7. The molecular weight excluding hydrogens is 216 g/mol. The summed E-state index contributed by atoms with van der Waals surface area (Å²) in [6, 6.07) is 0. The molecular formula is C12H22N4O. The third-order valence-electron chi connectivity index (χ3n) is 2.47. The quantitative estimate of drug-likeness (QED) is 0.702. The number of anilines is 2. The molecule has 0 radical (unpaired) electrons. The fourth-order valence-electron chi connectivity index (χ4n) is 1.56. The first-order chi connectivity index (χ1) is 8.08. The maximum absolute atomic E-state index is 9.28. The van der Waals surface area contributed by atoms with Crippen molar-refractivity contribution in [2.24, 2.45) is 0 Å². The van der Waals surface area contributed by atoms with Crippen molar-refractivity contribution in [3.05, 3.63) is 11.4 Å². The van der Waals surface area contributed by atoms with Crippen molar-refractivity contribution in [2.45, 2.75) is 39.7 Å². The molecule has 17 heavy (non-hydrogen) atoms. The second-order valence-electron chi connectivity index (χ2n) is 4.19. The van der Waals surface area contributed by atoms with Crippen molar-refractivity contribution < 1.29 is 5.11 Å². The maximum Gasteiger partial charge on any atom is 0.134 e. The van der Waals surface area contributed by atoms with E-state index >= 15 is 0 Å². The lowest BCUT2D eigenvalue weighted by Crippen LogP contribution is -2.18. The van der Waals surface area contributed by atoms with Gasteiger partial charge in [0, 0.05) is 25.6 Å². The van der Waals surface area contributed by atoms with Crippen LogP contribution in [0.5, 0.6) is 0 Å². The van der Waals surface area contributed by atoms with Crippen LogP contribution in [0.3, 0.4) is 0 Å². The number of nitrogens with zero attached hydrogens (tertiary/aromatic N) is 2. The van der Waals surface area contributed by atoms with E-state index in [4.69, 9.17) is 0 Å². The molecule has 1 atom stereocenters. The minimum Gasteiger partial charge on any atom is -0.392 e. The molecule has 0 fully saturated rings. The SMILES string of the molecule is CCCc1nc(NC)c(C)c(NCC(C)O)n1. The highest BCUT2D eigenvalue weighted by Crippen LogP contribution is 2.19. The predicted octanol–water partition coefficient (Wildman–Crippen LogP) is 1.57. The smallest absolute Gasteiger partial charge is 0.134 e. The van der Waals surface area contributed by atoms with E-state index in [1.165, 1.54) is 0 Å². The van der Waals surface area contributed by atoms with Gasteiger partial charge in [0.2, 0.25) is 0 Å². The van der Waals surface area contributed by atoms with Gasteiger partial charge in [-0.1, -0.05) is 6.92 Å². The molecule has 1 heterocycles. The summed E-state index contributed by atoms with van der Waals surface area (Å²) in [5, 5.41) is 15.5. The van der Waals surface area contributed by atoms with Crippen molar-refractivity contribution >= 4 is 11.6 Å². The largest absolute Gasteiger partial charge is 0.392 e. The molecule has 0 saturated carbocycles. The van der Waals surface area contributed by atoms with E-state index in [1.807, 2.05) is 14.0 Å². The topological polar surface area (TPSA) is 70.1 Å². The third kappa shape index (κ3) is 3.85. The van der Waals surface area contributed by atoms with Gasteiger partial charge in [-0.05, 0) is 20.3 Å². The van der Waals surface area contributed by atoms with E-state index in [1.54, 1.807) is 6.92 Å². The van der Waals surface area contributed by atoms with Crippen LogP contribution in [0.1, 0.15) is 31.7 Å². The highest BCUT2D eigenvalue weighted by Gasteiger charge is 2.09. The minimum atomic E-state index is -0.392. The lowest BCUT2D eigenvalue weighted by molar-refractivity contribution is 0.208. The summed E-state index contributed by atoms with van der Waals surface area (Å²) in [6.07, 6.45) is 1.48. The Morgan fingerprint density at radius 1 is 1.29 bits per heavy atom. The van der Waals surface area contributed by atoms with Crippen LogP contribution in [0.2, 0.25) is 0 Å². The predicted molar refractivity (Wildman–Crippen MR) is 70.5 cm³/mol. The lowest BCUT2D eigenvalue weighted by Gasteiger charge is -2.14. The van der Waals surface area contributed by atoms with Crippen LogP contribution in [0.25, 0.3) is 0 Å². The molecule has 0 aliphatic carbocycles. The number of rotatable bonds is 6. The molecule has 5 nitrogen and oxygen atoms in total. The number of aliphatic hydroxyl groups excluding tert-OH is 1. The Bertz CT molecular complexity index is 366. The molecule has 1 rings (SSSR count).